The van der Waals surface area contributed by atoms with Gasteiger partial charge in [-0.25, -0.2) is 0 Å². The smallest absolute Gasteiger partial charge is 0.304 e. The number of fused-ring (bicyclic) bond motifs is 2. The Morgan fingerprint density at radius 3 is 2.67 bits per heavy atom. The summed E-state index contributed by atoms with van der Waals surface area (Å²) in [6.07, 6.45) is 1.45. The number of rotatable bonds is 3. The highest BCUT2D eigenvalue weighted by Crippen LogP contribution is 2.30. The molecule has 2 bridgehead atoms. The van der Waals surface area contributed by atoms with Gasteiger partial charge in [-0.2, -0.15) is 0 Å². The maximum Gasteiger partial charge on any atom is 0.304 e. The van der Waals surface area contributed by atoms with E-state index in [4.69, 9.17) is 9.84 Å². The van der Waals surface area contributed by atoms with Crippen LogP contribution >= 0.6 is 0 Å². The summed E-state index contributed by atoms with van der Waals surface area (Å²) in [5, 5.41) is 8.49. The van der Waals surface area contributed by atoms with Crippen molar-refractivity contribution in [3.63, 3.8) is 0 Å². The lowest BCUT2D eigenvalue weighted by atomic mass is 9.91. The first kappa shape index (κ1) is 8.01. The summed E-state index contributed by atoms with van der Waals surface area (Å²) in [5.41, 5.74) is 0. The Morgan fingerprint density at radius 2 is 2.17 bits per heavy atom. The Bertz CT molecular complexity index is 181. The zero-order valence-corrected chi connectivity index (χ0v) is 6.90. The van der Waals surface area contributed by atoms with E-state index in [-0.39, 0.29) is 6.42 Å². The summed E-state index contributed by atoms with van der Waals surface area (Å²) < 4.78 is 5.28. The Hall–Kier alpha value is -0.610. The highest BCUT2D eigenvalue weighted by atomic mass is 16.5. The van der Waals surface area contributed by atoms with Crippen LogP contribution in [-0.4, -0.2) is 47.8 Å². The molecule has 3 saturated heterocycles. The van der Waals surface area contributed by atoms with Crippen LogP contribution in [0.2, 0.25) is 0 Å². The number of nitrogens with zero attached hydrogens (tertiary/aromatic N) is 1. The highest BCUT2D eigenvalue weighted by Gasteiger charge is 2.41. The van der Waals surface area contributed by atoms with E-state index in [9.17, 15) is 4.79 Å². The monoisotopic (exact) mass is 171 g/mol. The van der Waals surface area contributed by atoms with Crippen LogP contribution in [0.3, 0.4) is 0 Å². The minimum atomic E-state index is -0.708. The van der Waals surface area contributed by atoms with Crippen LogP contribution in [0.5, 0.6) is 0 Å². The van der Waals surface area contributed by atoms with Gasteiger partial charge in [0.2, 0.25) is 0 Å². The lowest BCUT2D eigenvalue weighted by Crippen LogP contribution is -2.63. The van der Waals surface area contributed by atoms with Gasteiger partial charge >= 0.3 is 5.97 Å². The summed E-state index contributed by atoms with van der Waals surface area (Å²) >= 11 is 0. The molecule has 0 aromatic heterocycles. The van der Waals surface area contributed by atoms with Crippen LogP contribution in [0, 0.1) is 0 Å². The standard InChI is InChI=1S/C8H13NO3/c10-8(11)1-2-9-6-3-7(9)5-12-4-6/h6-7H,1-5H2,(H,10,11). The average Bonchev–Trinajstić information content (AvgIpc) is 2.05. The predicted molar refractivity (Wildman–Crippen MR) is 42.0 cm³/mol. The first-order chi connectivity index (χ1) is 5.77. The molecule has 2 atom stereocenters. The average molecular weight is 171 g/mol. The van der Waals surface area contributed by atoms with Gasteiger partial charge in [-0.3, -0.25) is 9.69 Å². The van der Waals surface area contributed by atoms with Gasteiger partial charge in [-0.1, -0.05) is 0 Å². The molecule has 4 heteroatoms. The van der Waals surface area contributed by atoms with Gasteiger partial charge in [-0.15, -0.1) is 0 Å². The van der Waals surface area contributed by atoms with Crippen LogP contribution in [-0.2, 0) is 9.53 Å². The van der Waals surface area contributed by atoms with E-state index in [1.54, 1.807) is 0 Å². The zero-order valence-electron chi connectivity index (χ0n) is 6.90. The van der Waals surface area contributed by atoms with Crippen molar-refractivity contribution in [2.75, 3.05) is 19.8 Å². The van der Waals surface area contributed by atoms with Crippen molar-refractivity contribution in [1.29, 1.82) is 0 Å². The van der Waals surface area contributed by atoms with Gasteiger partial charge in [0.1, 0.15) is 0 Å². The second-order valence-electron chi connectivity index (χ2n) is 3.46. The molecule has 68 valence electrons. The molecule has 0 aliphatic carbocycles. The molecule has 3 aliphatic heterocycles. The third-order valence-electron chi connectivity index (χ3n) is 2.69. The first-order valence-electron chi connectivity index (χ1n) is 4.32. The fourth-order valence-electron chi connectivity index (χ4n) is 2.00. The second-order valence-corrected chi connectivity index (χ2v) is 3.46. The van der Waals surface area contributed by atoms with Gasteiger partial charge in [0.15, 0.2) is 0 Å². The molecule has 1 N–H and O–H groups in total. The molecular formula is C8H13NO3. The Morgan fingerprint density at radius 1 is 1.50 bits per heavy atom. The quantitative estimate of drug-likeness (QED) is 0.646. The lowest BCUT2D eigenvalue weighted by molar-refractivity contribution is -0.145. The molecule has 12 heavy (non-hydrogen) atoms. The van der Waals surface area contributed by atoms with Gasteiger partial charge in [0.05, 0.1) is 19.6 Å². The third kappa shape index (κ3) is 1.32. The number of ether oxygens (including phenoxy) is 1. The predicted octanol–water partition coefficient (Wildman–Crippen LogP) is -0.0658. The highest BCUT2D eigenvalue weighted by molar-refractivity contribution is 5.66. The third-order valence-corrected chi connectivity index (χ3v) is 2.69. The van der Waals surface area contributed by atoms with E-state index in [0.717, 1.165) is 13.2 Å². The molecule has 0 aromatic carbocycles. The molecule has 3 heterocycles. The van der Waals surface area contributed by atoms with Crippen LogP contribution in [0.4, 0.5) is 0 Å². The maximum absolute atomic E-state index is 10.3. The van der Waals surface area contributed by atoms with E-state index >= 15 is 0 Å². The number of hydrogen-bond acceptors (Lipinski definition) is 3. The first-order valence-corrected chi connectivity index (χ1v) is 4.32. The van der Waals surface area contributed by atoms with Crippen molar-refractivity contribution < 1.29 is 14.6 Å². The van der Waals surface area contributed by atoms with Gasteiger partial charge in [0.25, 0.3) is 0 Å². The minimum Gasteiger partial charge on any atom is -0.481 e. The molecule has 3 rings (SSSR count). The molecule has 0 saturated carbocycles. The van der Waals surface area contributed by atoms with Crippen LogP contribution in [0.15, 0.2) is 0 Å². The summed E-state index contributed by atoms with van der Waals surface area (Å²) in [4.78, 5) is 12.6. The molecule has 0 amide bonds. The number of aliphatic carboxylic acids is 1. The van der Waals surface area contributed by atoms with Crippen molar-refractivity contribution >= 4 is 5.97 Å². The van der Waals surface area contributed by atoms with E-state index in [1.807, 2.05) is 0 Å². The number of morpholine rings is 1. The van der Waals surface area contributed by atoms with Crippen LogP contribution < -0.4 is 0 Å². The molecule has 2 unspecified atom stereocenters. The van der Waals surface area contributed by atoms with Gasteiger partial charge in [0, 0.05) is 18.6 Å². The number of carbonyl (C=O) groups is 1. The topological polar surface area (TPSA) is 49.8 Å². The van der Waals surface area contributed by atoms with E-state index < -0.39 is 5.97 Å². The van der Waals surface area contributed by atoms with E-state index in [2.05, 4.69) is 4.90 Å². The van der Waals surface area contributed by atoms with Gasteiger partial charge < -0.3 is 9.84 Å². The van der Waals surface area contributed by atoms with Crippen molar-refractivity contribution in [3.8, 4) is 0 Å². The number of carboxylic acid groups (broad SMARTS) is 1. The fraction of sp³-hybridized carbons (Fsp3) is 0.875. The molecule has 0 aromatic rings. The molecule has 3 aliphatic rings. The Labute approximate surface area is 71.1 Å². The summed E-state index contributed by atoms with van der Waals surface area (Å²) in [7, 11) is 0. The van der Waals surface area contributed by atoms with Crippen molar-refractivity contribution in [3.05, 3.63) is 0 Å². The minimum absolute atomic E-state index is 0.257. The van der Waals surface area contributed by atoms with Crippen molar-refractivity contribution in [2.24, 2.45) is 0 Å². The largest absolute Gasteiger partial charge is 0.481 e. The van der Waals surface area contributed by atoms with Gasteiger partial charge in [-0.05, 0) is 6.42 Å². The maximum atomic E-state index is 10.3. The van der Waals surface area contributed by atoms with Crippen molar-refractivity contribution in [1.82, 2.24) is 4.90 Å². The second kappa shape index (κ2) is 3.03. The number of carboxylic acids is 1. The molecule has 0 spiro atoms. The lowest BCUT2D eigenvalue weighted by Gasteiger charge is -2.52. The summed E-state index contributed by atoms with van der Waals surface area (Å²) in [6.45, 7) is 2.26. The fourth-order valence-corrected chi connectivity index (χ4v) is 2.00. The van der Waals surface area contributed by atoms with Crippen LogP contribution in [0.25, 0.3) is 0 Å². The molecule has 3 fully saturated rings. The zero-order chi connectivity index (χ0) is 8.55. The molecule has 4 nitrogen and oxygen atoms in total. The van der Waals surface area contributed by atoms with Crippen LogP contribution in [0.1, 0.15) is 12.8 Å². The van der Waals surface area contributed by atoms with Crippen molar-refractivity contribution in [2.45, 2.75) is 24.9 Å². The molecule has 0 radical (unpaired) electrons. The Kier molecular flexibility index (Phi) is 2.02. The SMILES string of the molecule is O=C(O)CCN1C2COCC1C2. The molecular weight excluding hydrogens is 158 g/mol. The van der Waals surface area contributed by atoms with E-state index in [1.165, 1.54) is 6.42 Å². The Balaban J connectivity index is 1.78. The summed E-state index contributed by atoms with van der Waals surface area (Å²) in [5.74, 6) is -0.708. The summed E-state index contributed by atoms with van der Waals surface area (Å²) in [6, 6.07) is 1.01. The van der Waals surface area contributed by atoms with E-state index in [0.29, 0.717) is 18.6 Å². The number of hydrogen-bond donors (Lipinski definition) is 1. The normalized spacial score (nSPS) is 34.3.